The summed E-state index contributed by atoms with van der Waals surface area (Å²) >= 11 is 0. The van der Waals surface area contributed by atoms with E-state index in [-0.39, 0.29) is 0 Å². The maximum atomic E-state index is 10.5. The minimum absolute atomic E-state index is 0.410. The first-order valence-electron chi connectivity index (χ1n) is 9.10. The molecule has 1 N–H and O–H groups in total. The molecule has 0 radical (unpaired) electrons. The summed E-state index contributed by atoms with van der Waals surface area (Å²) in [7, 11) is 0. The summed E-state index contributed by atoms with van der Waals surface area (Å²) in [5.41, 5.74) is 0.346. The van der Waals surface area contributed by atoms with Gasteiger partial charge in [0.15, 0.2) is 0 Å². The zero-order valence-corrected chi connectivity index (χ0v) is 14.7. The average Bonchev–Trinajstić information content (AvgIpc) is 2.68. The van der Waals surface area contributed by atoms with E-state index in [4.69, 9.17) is 0 Å². The molecule has 0 aliphatic heterocycles. The number of hydrogen-bond donors (Lipinski definition) is 1. The zero-order valence-electron chi connectivity index (χ0n) is 14.7. The third-order valence-electron chi connectivity index (χ3n) is 7.63. The number of rotatable bonds is 1. The van der Waals surface area contributed by atoms with Gasteiger partial charge in [-0.05, 0) is 80.0 Å². The molecule has 0 aromatic carbocycles. The van der Waals surface area contributed by atoms with Crippen LogP contribution < -0.4 is 0 Å². The fraction of sp³-hybridized carbons (Fsp3) is 0.900. The minimum atomic E-state index is -0.590. The van der Waals surface area contributed by atoms with E-state index < -0.39 is 5.60 Å². The van der Waals surface area contributed by atoms with Crippen molar-refractivity contribution in [3.8, 4) is 0 Å². The Bertz CT molecular complexity index is 435. The monoisotopic (exact) mass is 290 g/mol. The molecule has 2 fully saturated rings. The molecule has 3 aliphatic rings. The Morgan fingerprint density at radius 1 is 1.00 bits per heavy atom. The maximum absolute atomic E-state index is 10.5. The summed E-state index contributed by atoms with van der Waals surface area (Å²) in [5.74, 6) is 3.20. The van der Waals surface area contributed by atoms with Crippen LogP contribution in [0, 0.1) is 34.5 Å². The smallest absolute Gasteiger partial charge is 0.0800 e. The average molecular weight is 290 g/mol. The largest absolute Gasteiger partial charge is 0.386 e. The molecule has 2 saturated carbocycles. The lowest BCUT2D eigenvalue weighted by Gasteiger charge is -2.53. The van der Waals surface area contributed by atoms with Crippen LogP contribution in [0.1, 0.15) is 73.1 Å². The normalized spacial score (nSPS) is 53.4. The fourth-order valence-corrected chi connectivity index (χ4v) is 6.15. The van der Waals surface area contributed by atoms with Gasteiger partial charge in [0.1, 0.15) is 0 Å². The Hall–Kier alpha value is -0.300. The van der Waals surface area contributed by atoms with Crippen LogP contribution in [0.25, 0.3) is 0 Å². The van der Waals surface area contributed by atoms with Crippen LogP contribution in [0.5, 0.6) is 0 Å². The second kappa shape index (κ2) is 4.85. The Balaban J connectivity index is 1.95. The molecule has 120 valence electrons. The maximum Gasteiger partial charge on any atom is 0.0800 e. The molecule has 0 saturated heterocycles. The third-order valence-corrected chi connectivity index (χ3v) is 7.63. The minimum Gasteiger partial charge on any atom is -0.386 e. The van der Waals surface area contributed by atoms with Crippen molar-refractivity contribution < 1.29 is 5.11 Å². The van der Waals surface area contributed by atoms with Gasteiger partial charge in [-0.15, -0.1) is 0 Å². The fourth-order valence-electron chi connectivity index (χ4n) is 6.15. The lowest BCUT2D eigenvalue weighted by atomic mass is 9.51. The first-order chi connectivity index (χ1) is 9.68. The van der Waals surface area contributed by atoms with Gasteiger partial charge in [0.2, 0.25) is 0 Å². The molecular formula is C20H34O. The lowest BCUT2D eigenvalue weighted by Crippen LogP contribution is -2.46. The van der Waals surface area contributed by atoms with Crippen LogP contribution >= 0.6 is 0 Å². The van der Waals surface area contributed by atoms with Crippen molar-refractivity contribution in [1.82, 2.24) is 0 Å². The van der Waals surface area contributed by atoms with Gasteiger partial charge in [0.25, 0.3) is 0 Å². The van der Waals surface area contributed by atoms with Gasteiger partial charge in [-0.3, -0.25) is 0 Å². The van der Waals surface area contributed by atoms with Crippen LogP contribution in [-0.4, -0.2) is 10.7 Å². The highest BCUT2D eigenvalue weighted by atomic mass is 16.3. The van der Waals surface area contributed by atoms with Crippen molar-refractivity contribution in [3.63, 3.8) is 0 Å². The molecule has 0 unspecified atom stereocenters. The van der Waals surface area contributed by atoms with Crippen molar-refractivity contribution >= 4 is 0 Å². The summed E-state index contributed by atoms with van der Waals surface area (Å²) in [4.78, 5) is 0. The quantitative estimate of drug-likeness (QED) is 0.659. The van der Waals surface area contributed by atoms with Crippen molar-refractivity contribution in [2.75, 3.05) is 0 Å². The SMILES string of the molecule is CC(C)[C@H]1CC[C@H]2[C@@H]3C=C[C@@](C)(O)CC[C@]3(C)CC[C@]12C. The van der Waals surface area contributed by atoms with Gasteiger partial charge in [0.05, 0.1) is 5.60 Å². The predicted molar refractivity (Wildman–Crippen MR) is 89.0 cm³/mol. The topological polar surface area (TPSA) is 20.2 Å². The van der Waals surface area contributed by atoms with E-state index in [0.717, 1.165) is 24.2 Å². The van der Waals surface area contributed by atoms with Crippen molar-refractivity contribution in [2.45, 2.75) is 78.7 Å². The van der Waals surface area contributed by atoms with Crippen molar-refractivity contribution in [2.24, 2.45) is 34.5 Å². The molecule has 0 bridgehead atoms. The highest BCUT2D eigenvalue weighted by Crippen LogP contribution is 2.65. The van der Waals surface area contributed by atoms with Crippen LogP contribution in [0.2, 0.25) is 0 Å². The molecule has 3 rings (SSSR count). The van der Waals surface area contributed by atoms with Gasteiger partial charge in [-0.2, -0.15) is 0 Å². The lowest BCUT2D eigenvalue weighted by molar-refractivity contribution is -0.0333. The van der Waals surface area contributed by atoms with E-state index in [2.05, 4.69) is 39.8 Å². The number of hydrogen-bond acceptors (Lipinski definition) is 1. The molecule has 0 aromatic rings. The molecule has 1 nitrogen and oxygen atoms in total. The van der Waals surface area contributed by atoms with E-state index in [9.17, 15) is 5.11 Å². The Morgan fingerprint density at radius 2 is 1.67 bits per heavy atom. The van der Waals surface area contributed by atoms with Crippen LogP contribution in [0.3, 0.4) is 0 Å². The Kier molecular flexibility index (Phi) is 3.60. The first-order valence-corrected chi connectivity index (χ1v) is 9.10. The summed E-state index contributed by atoms with van der Waals surface area (Å²) in [6, 6.07) is 0. The summed E-state index contributed by atoms with van der Waals surface area (Å²) in [6.07, 6.45) is 12.2. The Labute approximate surface area is 131 Å². The molecule has 0 heterocycles. The second-order valence-corrected chi connectivity index (χ2v) is 9.44. The molecule has 3 aliphatic carbocycles. The van der Waals surface area contributed by atoms with Gasteiger partial charge < -0.3 is 5.11 Å². The zero-order chi connectivity index (χ0) is 15.5. The second-order valence-electron chi connectivity index (χ2n) is 9.44. The molecule has 0 aromatic heterocycles. The number of fused-ring (bicyclic) bond motifs is 3. The molecular weight excluding hydrogens is 256 g/mol. The molecule has 0 spiro atoms. The van der Waals surface area contributed by atoms with E-state index in [1.807, 2.05) is 6.92 Å². The van der Waals surface area contributed by atoms with Crippen LogP contribution in [0.15, 0.2) is 12.2 Å². The van der Waals surface area contributed by atoms with Gasteiger partial charge in [-0.1, -0.05) is 39.8 Å². The van der Waals surface area contributed by atoms with Crippen molar-refractivity contribution in [1.29, 1.82) is 0 Å². The summed E-state index contributed by atoms with van der Waals surface area (Å²) in [5, 5.41) is 10.5. The first kappa shape index (κ1) is 15.6. The standard InChI is InChI=1S/C20H34O/c1-14(2)15-6-7-17-16-8-9-19(4,21)12-10-18(16,3)11-13-20(15,17)5/h8-9,14-17,21H,6-7,10-13H2,1-5H3/t15-,16+,17+,18-,19-,20-/m1/s1. The van der Waals surface area contributed by atoms with Crippen molar-refractivity contribution in [3.05, 3.63) is 12.2 Å². The predicted octanol–water partition coefficient (Wildman–Crippen LogP) is 5.19. The molecule has 6 atom stereocenters. The van der Waals surface area contributed by atoms with Gasteiger partial charge >= 0.3 is 0 Å². The van der Waals surface area contributed by atoms with Gasteiger partial charge in [-0.25, -0.2) is 0 Å². The Morgan fingerprint density at radius 3 is 2.33 bits per heavy atom. The number of aliphatic hydroxyl groups is 1. The van der Waals surface area contributed by atoms with E-state index in [1.165, 1.54) is 32.1 Å². The van der Waals surface area contributed by atoms with Gasteiger partial charge in [0, 0.05) is 0 Å². The van der Waals surface area contributed by atoms with E-state index in [0.29, 0.717) is 16.7 Å². The molecule has 1 heteroatoms. The van der Waals surface area contributed by atoms with Crippen LogP contribution in [-0.2, 0) is 0 Å². The molecule has 21 heavy (non-hydrogen) atoms. The third kappa shape index (κ3) is 2.40. The highest BCUT2D eigenvalue weighted by molar-refractivity contribution is 5.16. The van der Waals surface area contributed by atoms with Crippen LogP contribution in [0.4, 0.5) is 0 Å². The molecule has 0 amide bonds. The summed E-state index contributed by atoms with van der Waals surface area (Å²) < 4.78 is 0. The highest BCUT2D eigenvalue weighted by Gasteiger charge is 2.57. The number of allylic oxidation sites excluding steroid dienone is 1. The van der Waals surface area contributed by atoms with E-state index in [1.54, 1.807) is 0 Å². The summed E-state index contributed by atoms with van der Waals surface area (Å²) in [6.45, 7) is 11.9. The van der Waals surface area contributed by atoms with E-state index >= 15 is 0 Å².